The number of halogens is 3. The predicted octanol–water partition coefficient (Wildman–Crippen LogP) is 2.07. The van der Waals surface area contributed by atoms with Crippen LogP contribution >= 0.6 is 0 Å². The highest BCUT2D eigenvalue weighted by Gasteiger charge is 2.31. The third-order valence-electron chi connectivity index (χ3n) is 1.96. The molecule has 1 rings (SSSR count). The summed E-state index contributed by atoms with van der Waals surface area (Å²) in [7, 11) is -4.05. The molecule has 19 heavy (non-hydrogen) atoms. The first-order chi connectivity index (χ1) is 8.51. The summed E-state index contributed by atoms with van der Waals surface area (Å²) in [6.45, 7) is 3.09. The fourth-order valence-corrected chi connectivity index (χ4v) is 2.41. The number of phenols is 1. The van der Waals surface area contributed by atoms with Crippen molar-refractivity contribution in [2.45, 2.75) is 26.1 Å². The van der Waals surface area contributed by atoms with Gasteiger partial charge >= 0.3 is 6.18 Å². The average Bonchev–Trinajstić information content (AvgIpc) is 2.17. The van der Waals surface area contributed by atoms with Crippen LogP contribution in [-0.2, 0) is 16.4 Å². The van der Waals surface area contributed by atoms with Gasteiger partial charge in [0.05, 0.1) is 11.3 Å². The van der Waals surface area contributed by atoms with E-state index in [1.54, 1.807) is 13.8 Å². The molecule has 108 valence electrons. The second-order valence-corrected chi connectivity index (χ2v) is 5.55. The smallest absolute Gasteiger partial charge is 0.416 e. The lowest BCUT2D eigenvalue weighted by Crippen LogP contribution is -2.35. The fourth-order valence-electron chi connectivity index (χ4n) is 1.28. The van der Waals surface area contributed by atoms with Crippen LogP contribution in [0.25, 0.3) is 0 Å². The number of benzene rings is 1. The second kappa shape index (κ2) is 5.25. The van der Waals surface area contributed by atoms with Crippen molar-refractivity contribution in [2.75, 3.05) is 4.72 Å². The Balaban J connectivity index is 3.08. The highest BCUT2D eigenvalue weighted by Crippen LogP contribution is 2.34. The zero-order valence-corrected chi connectivity index (χ0v) is 10.9. The first-order valence-corrected chi connectivity index (χ1v) is 6.70. The predicted molar refractivity (Wildman–Crippen MR) is 63.9 cm³/mol. The minimum atomic E-state index is -4.63. The van der Waals surface area contributed by atoms with Crippen LogP contribution < -0.4 is 9.44 Å². The molecule has 1 aromatic rings. The molecular formula is C10H13F3N2O3S. The molecule has 3 N–H and O–H groups in total. The molecule has 0 heterocycles. The van der Waals surface area contributed by atoms with Gasteiger partial charge in [-0.05, 0) is 32.0 Å². The van der Waals surface area contributed by atoms with Gasteiger partial charge in [-0.1, -0.05) is 0 Å². The number of phenolic OH excluding ortho intramolecular Hbond substituents is 1. The normalized spacial score (nSPS) is 12.7. The van der Waals surface area contributed by atoms with E-state index >= 15 is 0 Å². The molecule has 0 radical (unpaired) electrons. The summed E-state index contributed by atoms with van der Waals surface area (Å²) in [4.78, 5) is 0. The molecule has 0 aliphatic heterocycles. The van der Waals surface area contributed by atoms with Crippen LogP contribution in [0.5, 0.6) is 5.75 Å². The Morgan fingerprint density at radius 3 is 2.32 bits per heavy atom. The summed E-state index contributed by atoms with van der Waals surface area (Å²) in [6, 6.07) is 1.51. The average molecular weight is 298 g/mol. The lowest BCUT2D eigenvalue weighted by Gasteiger charge is -2.14. The molecule has 0 unspecified atom stereocenters. The SMILES string of the molecule is CC(C)NS(=O)(=O)Nc1cc(C(F)(F)F)ccc1O. The fraction of sp³-hybridized carbons (Fsp3) is 0.400. The van der Waals surface area contributed by atoms with Gasteiger partial charge in [-0.25, -0.2) is 0 Å². The molecule has 0 amide bonds. The Kier molecular flexibility index (Phi) is 4.31. The molecule has 0 atom stereocenters. The molecule has 0 aliphatic rings. The third-order valence-corrected chi connectivity index (χ3v) is 3.23. The second-order valence-electron chi connectivity index (χ2n) is 4.11. The highest BCUT2D eigenvalue weighted by atomic mass is 32.2. The molecule has 9 heteroatoms. The van der Waals surface area contributed by atoms with Crippen molar-refractivity contribution in [1.82, 2.24) is 4.72 Å². The van der Waals surface area contributed by atoms with Gasteiger partial charge < -0.3 is 5.11 Å². The Morgan fingerprint density at radius 2 is 1.84 bits per heavy atom. The van der Waals surface area contributed by atoms with Crippen molar-refractivity contribution in [3.05, 3.63) is 23.8 Å². The summed E-state index contributed by atoms with van der Waals surface area (Å²) in [6.07, 6.45) is -4.63. The van der Waals surface area contributed by atoms with Crippen LogP contribution in [0.15, 0.2) is 18.2 Å². The zero-order valence-electron chi connectivity index (χ0n) is 10.1. The number of alkyl halides is 3. The molecule has 0 fully saturated rings. The van der Waals surface area contributed by atoms with E-state index in [4.69, 9.17) is 0 Å². The number of rotatable bonds is 4. The van der Waals surface area contributed by atoms with Crippen molar-refractivity contribution in [3.8, 4) is 5.75 Å². The molecule has 0 aromatic heterocycles. The minimum Gasteiger partial charge on any atom is -0.506 e. The maximum Gasteiger partial charge on any atom is 0.416 e. The lowest BCUT2D eigenvalue weighted by atomic mass is 10.2. The summed E-state index contributed by atoms with van der Waals surface area (Å²) >= 11 is 0. The van der Waals surface area contributed by atoms with E-state index in [9.17, 15) is 26.7 Å². The summed E-state index contributed by atoms with van der Waals surface area (Å²) in [5, 5.41) is 9.38. The topological polar surface area (TPSA) is 78.4 Å². The van der Waals surface area contributed by atoms with Crippen molar-refractivity contribution < 1.29 is 26.7 Å². The van der Waals surface area contributed by atoms with Gasteiger partial charge in [-0.3, -0.25) is 4.72 Å². The Hall–Kier alpha value is -1.48. The van der Waals surface area contributed by atoms with Crippen molar-refractivity contribution in [2.24, 2.45) is 0 Å². The molecular weight excluding hydrogens is 285 g/mol. The minimum absolute atomic E-state index is 0.439. The van der Waals surface area contributed by atoms with E-state index in [0.717, 1.165) is 6.07 Å². The number of hydrogen-bond acceptors (Lipinski definition) is 3. The molecule has 5 nitrogen and oxygen atoms in total. The quantitative estimate of drug-likeness (QED) is 0.745. The Bertz CT molecular complexity index is 556. The standard InChI is InChI=1S/C10H13F3N2O3S/c1-6(2)14-19(17,18)15-8-5-7(10(11,12)13)3-4-9(8)16/h3-6,14-16H,1-2H3. The molecule has 0 saturated heterocycles. The monoisotopic (exact) mass is 298 g/mol. The number of nitrogens with one attached hydrogen (secondary N) is 2. The highest BCUT2D eigenvalue weighted by molar-refractivity contribution is 7.90. The van der Waals surface area contributed by atoms with Gasteiger partial charge in [0, 0.05) is 6.04 Å². The Morgan fingerprint density at radius 1 is 1.26 bits per heavy atom. The van der Waals surface area contributed by atoms with Crippen molar-refractivity contribution >= 4 is 15.9 Å². The first kappa shape index (κ1) is 15.6. The maximum absolute atomic E-state index is 12.5. The summed E-state index contributed by atoms with van der Waals surface area (Å²) in [5.41, 5.74) is -1.60. The van der Waals surface area contributed by atoms with Crippen LogP contribution in [-0.4, -0.2) is 19.6 Å². The summed E-state index contributed by atoms with van der Waals surface area (Å²) < 4.78 is 64.4. The molecule has 0 spiro atoms. The van der Waals surface area contributed by atoms with Gasteiger partial charge in [-0.15, -0.1) is 0 Å². The molecule has 0 bridgehead atoms. The zero-order chi connectivity index (χ0) is 14.8. The molecule has 0 aliphatic carbocycles. The van der Waals surface area contributed by atoms with Crippen LogP contribution in [0.3, 0.4) is 0 Å². The van der Waals surface area contributed by atoms with E-state index < -0.39 is 39.4 Å². The van der Waals surface area contributed by atoms with Crippen LogP contribution in [0.1, 0.15) is 19.4 Å². The third kappa shape index (κ3) is 4.60. The van der Waals surface area contributed by atoms with Gasteiger partial charge in [-0.2, -0.15) is 26.3 Å². The van der Waals surface area contributed by atoms with Crippen molar-refractivity contribution in [1.29, 1.82) is 0 Å². The molecule has 0 saturated carbocycles. The van der Waals surface area contributed by atoms with E-state index in [2.05, 4.69) is 4.72 Å². The Labute approximate surface area is 108 Å². The van der Waals surface area contributed by atoms with Gasteiger partial charge in [0.1, 0.15) is 5.75 Å². The van der Waals surface area contributed by atoms with E-state index in [1.807, 2.05) is 4.72 Å². The van der Waals surface area contributed by atoms with Gasteiger partial charge in [0.15, 0.2) is 0 Å². The van der Waals surface area contributed by atoms with Crippen LogP contribution in [0, 0.1) is 0 Å². The largest absolute Gasteiger partial charge is 0.506 e. The van der Waals surface area contributed by atoms with E-state index in [1.165, 1.54) is 0 Å². The number of aromatic hydroxyl groups is 1. The van der Waals surface area contributed by atoms with E-state index in [-0.39, 0.29) is 0 Å². The van der Waals surface area contributed by atoms with Crippen molar-refractivity contribution in [3.63, 3.8) is 0 Å². The number of anilines is 1. The van der Waals surface area contributed by atoms with Crippen LogP contribution in [0.2, 0.25) is 0 Å². The maximum atomic E-state index is 12.5. The van der Waals surface area contributed by atoms with Gasteiger partial charge in [0.25, 0.3) is 10.2 Å². The van der Waals surface area contributed by atoms with Gasteiger partial charge in [0.2, 0.25) is 0 Å². The lowest BCUT2D eigenvalue weighted by molar-refractivity contribution is -0.137. The summed E-state index contributed by atoms with van der Waals surface area (Å²) in [5.74, 6) is -0.595. The molecule has 1 aromatic carbocycles. The number of hydrogen-bond donors (Lipinski definition) is 3. The van der Waals surface area contributed by atoms with E-state index in [0.29, 0.717) is 12.1 Å². The first-order valence-electron chi connectivity index (χ1n) is 5.21. The van der Waals surface area contributed by atoms with Crippen LogP contribution in [0.4, 0.5) is 18.9 Å².